The number of methoxy groups -OCH3 is 2. The van der Waals surface area contributed by atoms with Gasteiger partial charge in [0, 0.05) is 10.0 Å². The van der Waals surface area contributed by atoms with Crippen molar-refractivity contribution >= 4 is 39.1 Å². The lowest BCUT2D eigenvalue weighted by atomic mass is 10.1. The van der Waals surface area contributed by atoms with Gasteiger partial charge >= 0.3 is 0 Å². The highest BCUT2D eigenvalue weighted by Crippen LogP contribution is 2.36. The number of halogens is 3. The van der Waals surface area contributed by atoms with Crippen molar-refractivity contribution in [1.82, 2.24) is 0 Å². The minimum atomic E-state index is -0.547. The lowest BCUT2D eigenvalue weighted by Crippen LogP contribution is -2.13. The van der Waals surface area contributed by atoms with E-state index < -0.39 is 11.7 Å². The van der Waals surface area contributed by atoms with Crippen molar-refractivity contribution in [2.75, 3.05) is 19.5 Å². The second-order valence-electron chi connectivity index (χ2n) is 4.27. The van der Waals surface area contributed by atoms with E-state index in [-0.39, 0.29) is 16.3 Å². The average Bonchev–Trinajstić information content (AvgIpc) is 2.49. The first-order chi connectivity index (χ1) is 10.5. The third kappa shape index (κ3) is 3.51. The summed E-state index contributed by atoms with van der Waals surface area (Å²) in [5.74, 6) is -0.412. The van der Waals surface area contributed by atoms with Crippen LogP contribution >= 0.6 is 27.5 Å². The first-order valence-corrected chi connectivity index (χ1v) is 7.31. The summed E-state index contributed by atoms with van der Waals surface area (Å²) in [5, 5.41) is 2.71. The van der Waals surface area contributed by atoms with Gasteiger partial charge in [0.25, 0.3) is 5.91 Å². The van der Waals surface area contributed by atoms with E-state index in [9.17, 15) is 9.18 Å². The molecule has 1 N–H and O–H groups in total. The number of nitrogens with one attached hydrogen (secondary N) is 1. The van der Waals surface area contributed by atoms with Gasteiger partial charge in [-0.2, -0.15) is 0 Å². The molecule has 1 amide bonds. The van der Waals surface area contributed by atoms with Crippen LogP contribution in [0.3, 0.4) is 0 Å². The Morgan fingerprint density at radius 3 is 2.55 bits per heavy atom. The number of hydrogen-bond donors (Lipinski definition) is 1. The van der Waals surface area contributed by atoms with Crippen molar-refractivity contribution in [3.8, 4) is 11.5 Å². The lowest BCUT2D eigenvalue weighted by Gasteiger charge is -2.12. The van der Waals surface area contributed by atoms with Crippen LogP contribution in [0.15, 0.2) is 34.8 Å². The Kier molecular flexibility index (Phi) is 5.26. The Bertz CT molecular complexity index is 724. The molecular weight excluding hydrogens is 377 g/mol. The predicted octanol–water partition coefficient (Wildman–Crippen LogP) is 4.51. The molecule has 0 heterocycles. The molecule has 0 aliphatic heterocycles. The Labute approximate surface area is 140 Å². The van der Waals surface area contributed by atoms with Crippen molar-refractivity contribution in [3.05, 3.63) is 51.2 Å². The molecule has 7 heteroatoms. The summed E-state index contributed by atoms with van der Waals surface area (Å²) in [6.45, 7) is 0. The maximum absolute atomic E-state index is 13.8. The van der Waals surface area contributed by atoms with E-state index in [0.29, 0.717) is 16.0 Å². The van der Waals surface area contributed by atoms with Gasteiger partial charge in [-0.3, -0.25) is 4.79 Å². The maximum Gasteiger partial charge on any atom is 0.255 e. The highest BCUT2D eigenvalue weighted by Gasteiger charge is 2.16. The van der Waals surface area contributed by atoms with Crippen LogP contribution in [0.2, 0.25) is 5.02 Å². The third-order valence-electron chi connectivity index (χ3n) is 2.88. The SMILES string of the molecule is COc1cc(C(=O)Nc2ccc(Br)cc2F)cc(Cl)c1OC. The van der Waals surface area contributed by atoms with Crippen LogP contribution in [0.25, 0.3) is 0 Å². The number of anilines is 1. The molecule has 0 fully saturated rings. The number of amides is 1. The Hall–Kier alpha value is -1.79. The molecule has 116 valence electrons. The lowest BCUT2D eigenvalue weighted by molar-refractivity contribution is 0.102. The summed E-state index contributed by atoms with van der Waals surface area (Å²) >= 11 is 9.20. The average molecular weight is 389 g/mol. The fourth-order valence-corrected chi connectivity index (χ4v) is 2.46. The van der Waals surface area contributed by atoms with Gasteiger partial charge < -0.3 is 14.8 Å². The van der Waals surface area contributed by atoms with Gasteiger partial charge in [-0.25, -0.2) is 4.39 Å². The summed E-state index contributed by atoms with van der Waals surface area (Å²) in [7, 11) is 2.88. The molecule has 0 spiro atoms. The minimum absolute atomic E-state index is 0.0686. The van der Waals surface area contributed by atoms with Crippen LogP contribution in [0, 0.1) is 5.82 Å². The molecule has 0 aliphatic carbocycles. The Morgan fingerprint density at radius 1 is 1.23 bits per heavy atom. The smallest absolute Gasteiger partial charge is 0.255 e. The fourth-order valence-electron chi connectivity index (χ4n) is 1.83. The van der Waals surface area contributed by atoms with Gasteiger partial charge in [0.15, 0.2) is 11.5 Å². The van der Waals surface area contributed by atoms with E-state index in [4.69, 9.17) is 21.1 Å². The molecule has 0 radical (unpaired) electrons. The molecule has 0 bridgehead atoms. The van der Waals surface area contributed by atoms with Crippen LogP contribution in [-0.2, 0) is 0 Å². The topological polar surface area (TPSA) is 47.6 Å². The molecule has 0 saturated heterocycles. The van der Waals surface area contributed by atoms with Crippen molar-refractivity contribution in [2.24, 2.45) is 0 Å². The molecule has 0 unspecified atom stereocenters. The molecule has 4 nitrogen and oxygen atoms in total. The summed E-state index contributed by atoms with van der Waals surface area (Å²) < 4.78 is 24.6. The zero-order valence-electron chi connectivity index (χ0n) is 11.7. The van der Waals surface area contributed by atoms with Crippen LogP contribution < -0.4 is 14.8 Å². The third-order valence-corrected chi connectivity index (χ3v) is 3.65. The summed E-state index contributed by atoms with van der Waals surface area (Å²) in [4.78, 5) is 12.2. The highest BCUT2D eigenvalue weighted by atomic mass is 79.9. The summed E-state index contributed by atoms with van der Waals surface area (Å²) in [5.41, 5.74) is 0.295. The molecule has 0 saturated carbocycles. The van der Waals surface area contributed by atoms with Crippen LogP contribution in [0.4, 0.5) is 10.1 Å². The monoisotopic (exact) mass is 387 g/mol. The number of hydrogen-bond acceptors (Lipinski definition) is 3. The first kappa shape index (κ1) is 16.6. The van der Waals surface area contributed by atoms with Gasteiger partial charge in [0.2, 0.25) is 0 Å². The quantitative estimate of drug-likeness (QED) is 0.838. The number of carbonyl (C=O) groups excluding carboxylic acids is 1. The molecule has 2 aromatic carbocycles. The van der Waals surface area contributed by atoms with Gasteiger partial charge in [0.05, 0.1) is 24.9 Å². The molecular formula is C15H12BrClFNO3. The molecule has 22 heavy (non-hydrogen) atoms. The number of carbonyl (C=O) groups is 1. The molecule has 0 aromatic heterocycles. The van der Waals surface area contributed by atoms with E-state index in [2.05, 4.69) is 21.2 Å². The summed E-state index contributed by atoms with van der Waals surface area (Å²) in [6, 6.07) is 7.24. The first-order valence-electron chi connectivity index (χ1n) is 6.14. The second kappa shape index (κ2) is 6.98. The molecule has 2 aromatic rings. The zero-order valence-corrected chi connectivity index (χ0v) is 14.1. The van der Waals surface area contributed by atoms with Crippen LogP contribution in [0.5, 0.6) is 11.5 Å². The summed E-state index contributed by atoms with van der Waals surface area (Å²) in [6.07, 6.45) is 0. The fraction of sp³-hybridized carbons (Fsp3) is 0.133. The number of benzene rings is 2. The van der Waals surface area contributed by atoms with E-state index >= 15 is 0 Å². The molecule has 2 rings (SSSR count). The van der Waals surface area contributed by atoms with Crippen molar-refractivity contribution in [3.63, 3.8) is 0 Å². The van der Waals surface area contributed by atoms with Gasteiger partial charge in [-0.1, -0.05) is 27.5 Å². The zero-order chi connectivity index (χ0) is 16.3. The standard InChI is InChI=1S/C15H12BrClFNO3/c1-21-13-6-8(5-10(17)14(13)22-2)15(20)19-12-4-3-9(16)7-11(12)18/h3-7H,1-2H3,(H,19,20). The second-order valence-corrected chi connectivity index (χ2v) is 5.59. The normalized spacial score (nSPS) is 10.2. The number of ether oxygens (including phenoxy) is 2. The van der Waals surface area contributed by atoms with Crippen molar-refractivity contribution in [2.45, 2.75) is 0 Å². The van der Waals surface area contributed by atoms with E-state index in [1.807, 2.05) is 0 Å². The Morgan fingerprint density at radius 2 is 1.95 bits per heavy atom. The van der Waals surface area contributed by atoms with Gasteiger partial charge in [0.1, 0.15) is 5.82 Å². The number of rotatable bonds is 4. The van der Waals surface area contributed by atoms with E-state index in [0.717, 1.165) is 0 Å². The Balaban J connectivity index is 2.31. The molecule has 0 atom stereocenters. The van der Waals surface area contributed by atoms with Crippen LogP contribution in [0.1, 0.15) is 10.4 Å². The van der Waals surface area contributed by atoms with E-state index in [1.165, 1.54) is 38.5 Å². The predicted molar refractivity (Wildman–Crippen MR) is 86.6 cm³/mol. The van der Waals surface area contributed by atoms with Crippen molar-refractivity contribution in [1.29, 1.82) is 0 Å². The highest BCUT2D eigenvalue weighted by molar-refractivity contribution is 9.10. The van der Waals surface area contributed by atoms with Crippen molar-refractivity contribution < 1.29 is 18.7 Å². The van der Waals surface area contributed by atoms with Gasteiger partial charge in [-0.15, -0.1) is 0 Å². The van der Waals surface area contributed by atoms with Gasteiger partial charge in [-0.05, 0) is 30.3 Å². The van der Waals surface area contributed by atoms with Crippen LogP contribution in [-0.4, -0.2) is 20.1 Å². The maximum atomic E-state index is 13.8. The minimum Gasteiger partial charge on any atom is -0.493 e. The van der Waals surface area contributed by atoms with E-state index in [1.54, 1.807) is 6.07 Å². The largest absolute Gasteiger partial charge is 0.493 e. The molecule has 0 aliphatic rings.